The summed E-state index contributed by atoms with van der Waals surface area (Å²) in [5, 5.41) is 10.3. The highest BCUT2D eigenvalue weighted by atomic mass is 16.6. The van der Waals surface area contributed by atoms with Crippen LogP contribution < -0.4 is 0 Å². The van der Waals surface area contributed by atoms with Crippen molar-refractivity contribution in [2.75, 3.05) is 6.61 Å². The molecule has 0 aromatic carbocycles. The van der Waals surface area contributed by atoms with E-state index in [2.05, 4.69) is 40.7 Å². The van der Waals surface area contributed by atoms with E-state index in [4.69, 9.17) is 4.74 Å². The van der Waals surface area contributed by atoms with E-state index < -0.39 is 0 Å². The smallest absolute Gasteiger partial charge is 0.0840 e. The summed E-state index contributed by atoms with van der Waals surface area (Å²) in [7, 11) is 0. The summed E-state index contributed by atoms with van der Waals surface area (Å²) in [6.45, 7) is 13.6. The first-order valence-corrected chi connectivity index (χ1v) is 13.7. The first-order valence-electron chi connectivity index (χ1n) is 13.7. The zero-order valence-electron chi connectivity index (χ0n) is 20.9. The minimum atomic E-state index is -0.0860. The van der Waals surface area contributed by atoms with Crippen LogP contribution >= 0.6 is 0 Å². The second-order valence-corrected chi connectivity index (χ2v) is 13.2. The van der Waals surface area contributed by atoms with Gasteiger partial charge < -0.3 is 9.84 Å². The van der Waals surface area contributed by atoms with Crippen LogP contribution in [0.1, 0.15) is 98.8 Å². The van der Waals surface area contributed by atoms with Crippen molar-refractivity contribution in [3.05, 3.63) is 11.6 Å². The van der Waals surface area contributed by atoms with Crippen LogP contribution in [0.3, 0.4) is 0 Å². The monoisotopic (exact) mass is 428 g/mol. The number of rotatable bonds is 6. The van der Waals surface area contributed by atoms with Crippen LogP contribution in [-0.4, -0.2) is 23.9 Å². The molecule has 1 heterocycles. The van der Waals surface area contributed by atoms with Crippen molar-refractivity contribution in [2.45, 2.75) is 111 Å². The third-order valence-corrected chi connectivity index (χ3v) is 11.5. The molecule has 0 spiro atoms. The molecule has 0 radical (unpaired) electrons. The van der Waals surface area contributed by atoms with Gasteiger partial charge in [-0.3, -0.25) is 0 Å². The summed E-state index contributed by atoms with van der Waals surface area (Å²) in [5.41, 5.74) is 2.54. The van der Waals surface area contributed by atoms with E-state index in [1.165, 1.54) is 51.4 Å². The van der Waals surface area contributed by atoms with Gasteiger partial charge in [0.25, 0.3) is 0 Å². The first-order chi connectivity index (χ1) is 14.7. The lowest BCUT2D eigenvalue weighted by Gasteiger charge is -2.58. The molecule has 2 nitrogen and oxygen atoms in total. The number of allylic oxidation sites excluding steroid dienone is 1. The number of aliphatic hydroxyl groups is 1. The van der Waals surface area contributed by atoms with E-state index in [9.17, 15) is 5.11 Å². The highest BCUT2D eigenvalue weighted by Gasteiger charge is 2.59. The fraction of sp³-hybridized carbons (Fsp3) is 0.931. The molecule has 0 bridgehead atoms. The van der Waals surface area contributed by atoms with Gasteiger partial charge in [0.15, 0.2) is 0 Å². The molecule has 10 atom stereocenters. The quantitative estimate of drug-likeness (QED) is 0.364. The SMILES string of the molecule is CC(C)C(CC[C@@H](C)[C@H]1CCC2C3CC=C4C[C@@H](O)CC[C@]4(C)C3CC[C@@]21C)[C@@H]1CO1. The molecule has 3 saturated carbocycles. The van der Waals surface area contributed by atoms with Crippen LogP contribution in [0.5, 0.6) is 0 Å². The molecule has 1 aliphatic heterocycles. The van der Waals surface area contributed by atoms with Gasteiger partial charge in [0.2, 0.25) is 0 Å². The number of aliphatic hydroxyl groups excluding tert-OH is 1. The Morgan fingerprint density at radius 2 is 1.81 bits per heavy atom. The summed E-state index contributed by atoms with van der Waals surface area (Å²) in [6.07, 6.45) is 16.1. The van der Waals surface area contributed by atoms with E-state index in [1.54, 1.807) is 5.57 Å². The summed E-state index contributed by atoms with van der Waals surface area (Å²) < 4.78 is 5.69. The van der Waals surface area contributed by atoms with E-state index >= 15 is 0 Å². The molecular formula is C29H48O2. The lowest BCUT2D eigenvalue weighted by molar-refractivity contribution is -0.0575. The van der Waals surface area contributed by atoms with Crippen LogP contribution in [0.4, 0.5) is 0 Å². The number of hydrogen-bond acceptors (Lipinski definition) is 2. The number of epoxide rings is 1. The predicted octanol–water partition coefficient (Wildman–Crippen LogP) is 7.01. The van der Waals surface area contributed by atoms with Gasteiger partial charge in [-0.1, -0.05) is 52.7 Å². The zero-order chi connectivity index (χ0) is 22.0. The normalized spacial score (nSPS) is 48.4. The number of fused-ring (bicyclic) bond motifs is 5. The molecule has 5 aliphatic rings. The fourth-order valence-corrected chi connectivity index (χ4v) is 9.52. The molecule has 5 rings (SSSR count). The Balaban J connectivity index is 1.28. The summed E-state index contributed by atoms with van der Waals surface area (Å²) in [6, 6.07) is 0. The maximum Gasteiger partial charge on any atom is 0.0840 e. The molecule has 4 fully saturated rings. The molecular weight excluding hydrogens is 380 g/mol. The molecule has 4 unspecified atom stereocenters. The standard InChI is InChI=1S/C29H48O2/c1-18(2)22(27-17-31-27)8-6-19(3)24-10-11-25-23-9-7-20-16-21(30)12-14-28(20,4)26(23)13-15-29(24,25)5/h7,18-19,21-27,30H,6,8-17H2,1-5H3/t19-,21+,22?,23?,24-,25?,26?,27+,28+,29-/m1/s1. The topological polar surface area (TPSA) is 32.8 Å². The van der Waals surface area contributed by atoms with E-state index in [-0.39, 0.29) is 6.10 Å². The van der Waals surface area contributed by atoms with Crippen molar-refractivity contribution in [1.82, 2.24) is 0 Å². The van der Waals surface area contributed by atoms with Gasteiger partial charge in [-0.25, -0.2) is 0 Å². The van der Waals surface area contributed by atoms with Crippen LogP contribution in [-0.2, 0) is 4.74 Å². The van der Waals surface area contributed by atoms with Gasteiger partial charge in [-0.2, -0.15) is 0 Å². The lowest BCUT2D eigenvalue weighted by Crippen LogP contribution is -2.50. The average Bonchev–Trinajstić information content (AvgIpc) is 3.48. The Kier molecular flexibility index (Phi) is 5.91. The largest absolute Gasteiger partial charge is 0.393 e. The molecule has 0 aromatic heterocycles. The van der Waals surface area contributed by atoms with Gasteiger partial charge in [0, 0.05) is 0 Å². The number of ether oxygens (including phenoxy) is 1. The summed E-state index contributed by atoms with van der Waals surface area (Å²) >= 11 is 0. The number of hydrogen-bond donors (Lipinski definition) is 1. The van der Waals surface area contributed by atoms with Crippen LogP contribution in [0.25, 0.3) is 0 Å². The third kappa shape index (κ3) is 3.76. The lowest BCUT2D eigenvalue weighted by atomic mass is 9.47. The fourth-order valence-electron chi connectivity index (χ4n) is 9.52. The molecule has 1 N–H and O–H groups in total. The molecule has 4 aliphatic carbocycles. The zero-order valence-corrected chi connectivity index (χ0v) is 20.9. The van der Waals surface area contributed by atoms with Crippen molar-refractivity contribution < 1.29 is 9.84 Å². The van der Waals surface area contributed by atoms with E-state index in [0.717, 1.165) is 60.9 Å². The minimum Gasteiger partial charge on any atom is -0.393 e. The Bertz CT molecular complexity index is 691. The van der Waals surface area contributed by atoms with Crippen molar-refractivity contribution in [3.8, 4) is 0 Å². The minimum absolute atomic E-state index is 0.0860. The second-order valence-electron chi connectivity index (χ2n) is 13.2. The molecule has 0 aromatic rings. The maximum absolute atomic E-state index is 10.3. The molecule has 0 amide bonds. The summed E-state index contributed by atoms with van der Waals surface area (Å²) in [4.78, 5) is 0. The van der Waals surface area contributed by atoms with E-state index in [0.29, 0.717) is 16.9 Å². The molecule has 31 heavy (non-hydrogen) atoms. The maximum atomic E-state index is 10.3. The molecule has 176 valence electrons. The average molecular weight is 429 g/mol. The summed E-state index contributed by atoms with van der Waals surface area (Å²) in [5.74, 6) is 5.96. The predicted molar refractivity (Wildman–Crippen MR) is 128 cm³/mol. The molecule has 2 heteroatoms. The van der Waals surface area contributed by atoms with Gasteiger partial charge >= 0.3 is 0 Å². The highest BCUT2D eigenvalue weighted by Crippen LogP contribution is 2.67. The first kappa shape index (κ1) is 22.5. The van der Waals surface area contributed by atoms with Crippen molar-refractivity contribution in [2.24, 2.45) is 52.3 Å². The van der Waals surface area contributed by atoms with Crippen molar-refractivity contribution >= 4 is 0 Å². The van der Waals surface area contributed by atoms with Gasteiger partial charge in [0.05, 0.1) is 18.8 Å². The Labute approximate surface area is 191 Å². The Morgan fingerprint density at radius 3 is 2.52 bits per heavy atom. The van der Waals surface area contributed by atoms with Crippen molar-refractivity contribution in [1.29, 1.82) is 0 Å². The van der Waals surface area contributed by atoms with Crippen LogP contribution in [0.15, 0.2) is 11.6 Å². The van der Waals surface area contributed by atoms with Crippen LogP contribution in [0, 0.1) is 52.3 Å². The van der Waals surface area contributed by atoms with Gasteiger partial charge in [-0.05, 0) is 110 Å². The third-order valence-electron chi connectivity index (χ3n) is 11.5. The highest BCUT2D eigenvalue weighted by molar-refractivity contribution is 5.25. The molecule has 1 saturated heterocycles. The van der Waals surface area contributed by atoms with Crippen LogP contribution in [0.2, 0.25) is 0 Å². The Hall–Kier alpha value is -0.340. The van der Waals surface area contributed by atoms with E-state index in [1.807, 2.05) is 0 Å². The van der Waals surface area contributed by atoms with Gasteiger partial charge in [0.1, 0.15) is 0 Å². The Morgan fingerprint density at radius 1 is 1.03 bits per heavy atom. The van der Waals surface area contributed by atoms with Crippen molar-refractivity contribution in [3.63, 3.8) is 0 Å². The second kappa shape index (κ2) is 8.15. The van der Waals surface area contributed by atoms with Gasteiger partial charge in [-0.15, -0.1) is 0 Å².